The van der Waals surface area contributed by atoms with Gasteiger partial charge in [0.2, 0.25) is 0 Å². The number of hydrogen-bond acceptors (Lipinski definition) is 1. The predicted molar refractivity (Wildman–Crippen MR) is 49.9 cm³/mol. The van der Waals surface area contributed by atoms with Crippen molar-refractivity contribution in [1.82, 2.24) is 0 Å². The van der Waals surface area contributed by atoms with Gasteiger partial charge < -0.3 is 0 Å². The smallest absolute Gasteiger partial charge is 0.135 e. The van der Waals surface area contributed by atoms with Gasteiger partial charge in [-0.2, -0.15) is 0 Å². The summed E-state index contributed by atoms with van der Waals surface area (Å²) in [4.78, 5) is 11.2. The summed E-state index contributed by atoms with van der Waals surface area (Å²) in [5.74, 6) is 0.862. The van der Waals surface area contributed by atoms with E-state index in [4.69, 9.17) is 0 Å². The van der Waals surface area contributed by atoms with E-state index < -0.39 is 0 Å². The van der Waals surface area contributed by atoms with Crippen molar-refractivity contribution in [1.29, 1.82) is 0 Å². The molecule has 0 saturated heterocycles. The molecule has 1 nitrogen and oxygen atoms in total. The fourth-order valence-corrected chi connectivity index (χ4v) is 1.76. The maximum atomic E-state index is 11.2. The van der Waals surface area contributed by atoms with Gasteiger partial charge in [-0.3, -0.25) is 4.79 Å². The predicted octanol–water partition coefficient (Wildman–Crippen LogP) is 2.87. The van der Waals surface area contributed by atoms with Crippen molar-refractivity contribution in [3.8, 4) is 0 Å². The van der Waals surface area contributed by atoms with Crippen LogP contribution in [0.15, 0.2) is 18.4 Å². The first-order chi connectivity index (χ1) is 5.84. The number of carbonyl (C=O) groups excluding carboxylic acids is 1. The topological polar surface area (TPSA) is 17.1 Å². The zero-order valence-electron chi connectivity index (χ0n) is 7.51. The number of allylic oxidation sites excluding steroid dienone is 1. The van der Waals surface area contributed by atoms with Crippen molar-refractivity contribution in [2.75, 3.05) is 0 Å². The van der Waals surface area contributed by atoms with Crippen molar-refractivity contribution in [3.63, 3.8) is 0 Å². The summed E-state index contributed by atoms with van der Waals surface area (Å²) in [6.45, 7) is 3.50. The molecule has 1 fully saturated rings. The van der Waals surface area contributed by atoms with Crippen LogP contribution in [-0.2, 0) is 4.79 Å². The molecule has 0 N–H and O–H groups in total. The number of hydrogen-bond donors (Lipinski definition) is 0. The Bertz CT molecular complexity index is 199. The molecular weight excluding hydrogens is 148 g/mol. The summed E-state index contributed by atoms with van der Waals surface area (Å²) >= 11 is 0. The summed E-state index contributed by atoms with van der Waals surface area (Å²) < 4.78 is 0. The SMILES string of the molecule is C=C=CCCCC1CCCC1=O. The van der Waals surface area contributed by atoms with Crippen LogP contribution in [-0.4, -0.2) is 5.78 Å². The first kappa shape index (κ1) is 9.28. The number of rotatable bonds is 4. The molecule has 0 aromatic heterocycles. The minimum atomic E-state index is 0.378. The second-order valence-corrected chi connectivity index (χ2v) is 3.39. The van der Waals surface area contributed by atoms with E-state index in [1.807, 2.05) is 6.08 Å². The van der Waals surface area contributed by atoms with Crippen LogP contribution in [0.3, 0.4) is 0 Å². The van der Waals surface area contributed by atoms with Gasteiger partial charge in [-0.15, -0.1) is 5.73 Å². The van der Waals surface area contributed by atoms with E-state index in [-0.39, 0.29) is 0 Å². The highest BCUT2D eigenvalue weighted by Gasteiger charge is 2.22. The molecule has 1 saturated carbocycles. The monoisotopic (exact) mass is 164 g/mol. The van der Waals surface area contributed by atoms with E-state index in [2.05, 4.69) is 12.3 Å². The van der Waals surface area contributed by atoms with Gasteiger partial charge in [0.25, 0.3) is 0 Å². The van der Waals surface area contributed by atoms with Crippen molar-refractivity contribution < 1.29 is 4.79 Å². The Morgan fingerprint density at radius 3 is 3.08 bits per heavy atom. The summed E-state index contributed by atoms with van der Waals surface area (Å²) in [7, 11) is 0. The summed E-state index contributed by atoms with van der Waals surface area (Å²) in [6.07, 6.45) is 8.20. The van der Waals surface area contributed by atoms with E-state index in [0.29, 0.717) is 11.7 Å². The summed E-state index contributed by atoms with van der Waals surface area (Å²) in [6, 6.07) is 0. The van der Waals surface area contributed by atoms with Gasteiger partial charge in [-0.1, -0.05) is 6.58 Å². The fraction of sp³-hybridized carbons (Fsp3) is 0.636. The molecule has 1 aliphatic carbocycles. The molecule has 0 aliphatic heterocycles. The standard InChI is InChI=1S/C11H16O/c1-2-3-4-5-7-10-8-6-9-11(10)12/h3,10H,1,4-9H2. The lowest BCUT2D eigenvalue weighted by Crippen LogP contribution is -2.05. The van der Waals surface area contributed by atoms with Crippen LogP contribution in [0.5, 0.6) is 0 Å². The molecule has 0 spiro atoms. The molecule has 66 valence electrons. The molecule has 0 amide bonds. The molecule has 1 aliphatic rings. The highest BCUT2D eigenvalue weighted by atomic mass is 16.1. The van der Waals surface area contributed by atoms with E-state index >= 15 is 0 Å². The van der Waals surface area contributed by atoms with Gasteiger partial charge in [-0.25, -0.2) is 0 Å². The Kier molecular flexibility index (Phi) is 3.83. The molecule has 1 rings (SSSR count). The summed E-state index contributed by atoms with van der Waals surface area (Å²) in [5.41, 5.74) is 2.74. The van der Waals surface area contributed by atoms with Gasteiger partial charge in [0.1, 0.15) is 5.78 Å². The maximum absolute atomic E-state index is 11.2. The Morgan fingerprint density at radius 2 is 2.50 bits per heavy atom. The zero-order valence-corrected chi connectivity index (χ0v) is 7.51. The summed E-state index contributed by atoms with van der Waals surface area (Å²) in [5, 5.41) is 0. The molecular formula is C11H16O. The van der Waals surface area contributed by atoms with E-state index in [1.165, 1.54) is 0 Å². The van der Waals surface area contributed by atoms with E-state index in [0.717, 1.165) is 38.5 Å². The molecule has 1 atom stereocenters. The van der Waals surface area contributed by atoms with Gasteiger partial charge in [-0.05, 0) is 38.2 Å². The normalized spacial score (nSPS) is 22.3. The maximum Gasteiger partial charge on any atom is 0.135 e. The lowest BCUT2D eigenvalue weighted by molar-refractivity contribution is -0.120. The lowest BCUT2D eigenvalue weighted by Gasteiger charge is -2.04. The fourth-order valence-electron chi connectivity index (χ4n) is 1.76. The molecule has 0 bridgehead atoms. The minimum absolute atomic E-state index is 0.378. The molecule has 0 aromatic carbocycles. The van der Waals surface area contributed by atoms with Crippen LogP contribution < -0.4 is 0 Å². The largest absolute Gasteiger partial charge is 0.299 e. The van der Waals surface area contributed by atoms with Crippen LogP contribution in [0.2, 0.25) is 0 Å². The third-order valence-corrected chi connectivity index (χ3v) is 2.48. The Morgan fingerprint density at radius 1 is 1.67 bits per heavy atom. The molecule has 12 heavy (non-hydrogen) atoms. The average molecular weight is 164 g/mol. The van der Waals surface area contributed by atoms with Crippen molar-refractivity contribution in [2.24, 2.45) is 5.92 Å². The van der Waals surface area contributed by atoms with Gasteiger partial charge in [0.05, 0.1) is 0 Å². The van der Waals surface area contributed by atoms with Crippen LogP contribution >= 0.6 is 0 Å². The molecule has 1 heteroatoms. The first-order valence-electron chi connectivity index (χ1n) is 4.71. The molecule has 1 unspecified atom stereocenters. The lowest BCUT2D eigenvalue weighted by atomic mass is 10.00. The first-order valence-corrected chi connectivity index (χ1v) is 4.71. The van der Waals surface area contributed by atoms with Crippen molar-refractivity contribution in [3.05, 3.63) is 18.4 Å². The van der Waals surface area contributed by atoms with E-state index in [9.17, 15) is 4.79 Å². The number of unbranched alkanes of at least 4 members (excludes halogenated alkanes) is 1. The number of carbonyl (C=O) groups is 1. The molecule has 0 aromatic rings. The third-order valence-electron chi connectivity index (χ3n) is 2.48. The number of Topliss-reactive ketones (excluding diaryl/α,β-unsaturated/α-hetero) is 1. The Balaban J connectivity index is 2.14. The Labute approximate surface area is 74.2 Å². The van der Waals surface area contributed by atoms with Gasteiger partial charge in [0.15, 0.2) is 0 Å². The van der Waals surface area contributed by atoms with Crippen LogP contribution in [0.25, 0.3) is 0 Å². The second kappa shape index (κ2) is 4.95. The molecule has 0 radical (unpaired) electrons. The Hall–Kier alpha value is -0.810. The van der Waals surface area contributed by atoms with Crippen molar-refractivity contribution >= 4 is 5.78 Å². The van der Waals surface area contributed by atoms with Crippen LogP contribution in [0.4, 0.5) is 0 Å². The van der Waals surface area contributed by atoms with Crippen molar-refractivity contribution in [2.45, 2.75) is 38.5 Å². The van der Waals surface area contributed by atoms with E-state index in [1.54, 1.807) is 0 Å². The highest BCUT2D eigenvalue weighted by molar-refractivity contribution is 5.82. The average Bonchev–Trinajstić information content (AvgIpc) is 2.46. The van der Waals surface area contributed by atoms with Gasteiger partial charge in [0, 0.05) is 12.3 Å². The molecule has 0 heterocycles. The quantitative estimate of drug-likeness (QED) is 0.461. The third kappa shape index (κ3) is 2.67. The van der Waals surface area contributed by atoms with Crippen LogP contribution in [0.1, 0.15) is 38.5 Å². The minimum Gasteiger partial charge on any atom is -0.299 e. The van der Waals surface area contributed by atoms with Crippen LogP contribution in [0, 0.1) is 5.92 Å². The highest BCUT2D eigenvalue weighted by Crippen LogP contribution is 2.25. The van der Waals surface area contributed by atoms with Gasteiger partial charge >= 0.3 is 0 Å². The second-order valence-electron chi connectivity index (χ2n) is 3.39. The number of ketones is 1. The zero-order chi connectivity index (χ0) is 8.81.